The van der Waals surface area contributed by atoms with Crippen molar-refractivity contribution in [2.45, 2.75) is 51.2 Å². The molecule has 3 rings (SSSR count). The van der Waals surface area contributed by atoms with Crippen LogP contribution in [0.5, 0.6) is 0 Å². The van der Waals surface area contributed by atoms with Crippen molar-refractivity contribution in [3.05, 3.63) is 30.1 Å². The number of rotatable bonds is 5. The molecule has 1 amide bonds. The highest BCUT2D eigenvalue weighted by Crippen LogP contribution is 2.22. The average molecular weight is 361 g/mol. The van der Waals surface area contributed by atoms with Crippen molar-refractivity contribution in [3.8, 4) is 11.4 Å². The number of carbonyl (C=O) groups is 1. The zero-order valence-electron chi connectivity index (χ0n) is 14.9. The van der Waals surface area contributed by atoms with Crippen LogP contribution in [0.25, 0.3) is 11.4 Å². The highest BCUT2D eigenvalue weighted by atomic mass is 19.1. The maximum Gasteiger partial charge on any atom is 0.222 e. The Morgan fingerprint density at radius 1 is 1.27 bits per heavy atom. The molecule has 1 saturated heterocycles. The number of hydrogen-bond donors (Lipinski definition) is 1. The van der Waals surface area contributed by atoms with Crippen LogP contribution in [0.1, 0.15) is 39.0 Å². The molecule has 0 aliphatic carbocycles. The Morgan fingerprint density at radius 3 is 2.81 bits per heavy atom. The molecule has 0 unspecified atom stereocenters. The zero-order valence-corrected chi connectivity index (χ0v) is 14.9. The van der Waals surface area contributed by atoms with Crippen molar-refractivity contribution in [1.29, 1.82) is 0 Å². The van der Waals surface area contributed by atoms with Gasteiger partial charge in [0, 0.05) is 25.1 Å². The average Bonchev–Trinajstić information content (AvgIpc) is 2.99. The lowest BCUT2D eigenvalue weighted by Crippen LogP contribution is -2.33. The molecule has 1 fully saturated rings. The summed E-state index contributed by atoms with van der Waals surface area (Å²) in [6.45, 7) is 3.62. The van der Waals surface area contributed by atoms with Gasteiger partial charge < -0.3 is 10.0 Å². The lowest BCUT2D eigenvalue weighted by Gasteiger charge is -2.22. The van der Waals surface area contributed by atoms with E-state index in [4.69, 9.17) is 0 Å². The number of aromatic nitrogens is 4. The Morgan fingerprint density at radius 2 is 2.04 bits per heavy atom. The minimum absolute atomic E-state index is 0.0987. The summed E-state index contributed by atoms with van der Waals surface area (Å²) in [4.78, 5) is 15.6. The number of benzene rings is 1. The Bertz CT molecular complexity index is 744. The lowest BCUT2D eigenvalue weighted by molar-refractivity contribution is -0.131. The molecular formula is C18H24FN5O2. The largest absolute Gasteiger partial charge is 0.390 e. The smallest absolute Gasteiger partial charge is 0.222 e. The number of nitrogens with zero attached hydrogens (tertiary/aromatic N) is 5. The maximum absolute atomic E-state index is 13.0. The number of carbonyl (C=O) groups excluding carboxylic acids is 1. The van der Waals surface area contributed by atoms with E-state index < -0.39 is 5.60 Å². The van der Waals surface area contributed by atoms with Gasteiger partial charge in [0.15, 0.2) is 0 Å². The van der Waals surface area contributed by atoms with Gasteiger partial charge in [0.25, 0.3) is 0 Å². The molecular weight excluding hydrogens is 337 g/mol. The highest BCUT2D eigenvalue weighted by molar-refractivity contribution is 5.76. The van der Waals surface area contributed by atoms with Crippen LogP contribution in [0.15, 0.2) is 24.3 Å². The summed E-state index contributed by atoms with van der Waals surface area (Å²) in [5, 5.41) is 22.3. The van der Waals surface area contributed by atoms with E-state index in [0.29, 0.717) is 50.3 Å². The van der Waals surface area contributed by atoms with Gasteiger partial charge in [0.05, 0.1) is 12.1 Å². The summed E-state index contributed by atoms with van der Waals surface area (Å²) in [5.74, 6) is 0.224. The van der Waals surface area contributed by atoms with Gasteiger partial charge in [0.1, 0.15) is 5.82 Å². The van der Waals surface area contributed by atoms with Gasteiger partial charge in [-0.2, -0.15) is 4.80 Å². The van der Waals surface area contributed by atoms with Gasteiger partial charge >= 0.3 is 0 Å². The molecule has 2 heterocycles. The van der Waals surface area contributed by atoms with E-state index in [1.165, 1.54) is 16.9 Å². The van der Waals surface area contributed by atoms with Gasteiger partial charge in [-0.05, 0) is 62.1 Å². The normalized spacial score (nSPS) is 20.8. The first kappa shape index (κ1) is 18.4. The second-order valence-electron chi connectivity index (χ2n) is 7.05. The fourth-order valence-electron chi connectivity index (χ4n) is 3.10. The van der Waals surface area contributed by atoms with E-state index in [9.17, 15) is 14.3 Å². The summed E-state index contributed by atoms with van der Waals surface area (Å²) in [6.07, 6.45) is 3.20. The van der Waals surface area contributed by atoms with E-state index in [1.54, 1.807) is 12.1 Å². The highest BCUT2D eigenvalue weighted by Gasteiger charge is 2.26. The van der Waals surface area contributed by atoms with Crippen LogP contribution in [0.2, 0.25) is 0 Å². The van der Waals surface area contributed by atoms with E-state index >= 15 is 0 Å². The van der Waals surface area contributed by atoms with Gasteiger partial charge in [-0.15, -0.1) is 10.2 Å². The summed E-state index contributed by atoms with van der Waals surface area (Å²) < 4.78 is 13.0. The first-order valence-corrected chi connectivity index (χ1v) is 8.97. The lowest BCUT2D eigenvalue weighted by atomic mass is 9.98. The van der Waals surface area contributed by atoms with Crippen LogP contribution in [-0.2, 0) is 11.3 Å². The van der Waals surface area contributed by atoms with Gasteiger partial charge in [-0.25, -0.2) is 4.39 Å². The molecule has 7 nitrogen and oxygen atoms in total. The third-order valence-electron chi connectivity index (χ3n) is 4.72. The number of aliphatic hydroxyl groups is 1. The molecule has 0 radical (unpaired) electrons. The predicted octanol–water partition coefficient (Wildman–Crippen LogP) is 2.02. The molecule has 1 aliphatic heterocycles. The minimum Gasteiger partial charge on any atom is -0.390 e. The van der Waals surface area contributed by atoms with Crippen molar-refractivity contribution in [1.82, 2.24) is 25.1 Å². The van der Waals surface area contributed by atoms with Gasteiger partial charge in [-0.3, -0.25) is 4.79 Å². The summed E-state index contributed by atoms with van der Waals surface area (Å²) in [5.41, 5.74) is 0.0292. The minimum atomic E-state index is -0.670. The quantitative estimate of drug-likeness (QED) is 0.881. The molecule has 2 aromatic rings. The monoisotopic (exact) mass is 361 g/mol. The molecule has 140 valence electrons. The van der Waals surface area contributed by atoms with Crippen molar-refractivity contribution in [3.63, 3.8) is 0 Å². The van der Waals surface area contributed by atoms with Crippen molar-refractivity contribution < 1.29 is 14.3 Å². The molecule has 1 aromatic carbocycles. The number of amides is 1. The molecule has 26 heavy (non-hydrogen) atoms. The molecule has 0 bridgehead atoms. The van der Waals surface area contributed by atoms with Gasteiger partial charge in [0.2, 0.25) is 11.7 Å². The van der Waals surface area contributed by atoms with Crippen molar-refractivity contribution in [2.24, 2.45) is 0 Å². The van der Waals surface area contributed by atoms with Crippen LogP contribution in [0.4, 0.5) is 4.39 Å². The van der Waals surface area contributed by atoms with E-state index in [-0.39, 0.29) is 11.7 Å². The number of aryl methyl sites for hydroxylation is 1. The molecule has 0 saturated carbocycles. The second-order valence-corrected chi connectivity index (χ2v) is 7.05. The van der Waals surface area contributed by atoms with Crippen LogP contribution in [-0.4, -0.2) is 54.8 Å². The van der Waals surface area contributed by atoms with Crippen molar-refractivity contribution >= 4 is 5.91 Å². The Balaban J connectivity index is 1.47. The molecule has 1 N–H and O–H groups in total. The molecule has 1 atom stereocenters. The third-order valence-corrected chi connectivity index (χ3v) is 4.72. The Hall–Kier alpha value is -2.35. The second kappa shape index (κ2) is 7.90. The standard InChI is InChI=1S/C18H24FN5O2/c1-18(26)9-3-11-23(13-10-18)16(25)4-2-12-24-21-17(20-22-24)14-5-7-15(19)8-6-14/h5-8,26H,2-4,9-13H2,1H3/t18-/m0/s1. The van der Waals surface area contributed by atoms with Crippen LogP contribution in [0.3, 0.4) is 0 Å². The number of halogens is 1. The molecule has 1 aromatic heterocycles. The summed E-state index contributed by atoms with van der Waals surface area (Å²) >= 11 is 0. The zero-order chi connectivity index (χ0) is 18.6. The third kappa shape index (κ3) is 4.85. The van der Waals surface area contributed by atoms with Crippen LogP contribution < -0.4 is 0 Å². The van der Waals surface area contributed by atoms with Crippen LogP contribution in [0, 0.1) is 5.82 Å². The van der Waals surface area contributed by atoms with E-state index in [1.807, 2.05) is 11.8 Å². The topological polar surface area (TPSA) is 84.1 Å². The first-order chi connectivity index (χ1) is 12.4. The Kier molecular flexibility index (Phi) is 5.61. The number of tetrazole rings is 1. The number of hydrogen-bond acceptors (Lipinski definition) is 5. The molecule has 1 aliphatic rings. The predicted molar refractivity (Wildman–Crippen MR) is 93.5 cm³/mol. The molecule has 0 spiro atoms. The van der Waals surface area contributed by atoms with Gasteiger partial charge in [-0.1, -0.05) is 0 Å². The summed E-state index contributed by atoms with van der Waals surface area (Å²) in [6, 6.07) is 5.92. The summed E-state index contributed by atoms with van der Waals surface area (Å²) in [7, 11) is 0. The Labute approximate surface area is 151 Å². The van der Waals surface area contributed by atoms with Crippen LogP contribution >= 0.6 is 0 Å². The number of likely N-dealkylation sites (tertiary alicyclic amines) is 1. The fraction of sp³-hybridized carbons (Fsp3) is 0.556. The van der Waals surface area contributed by atoms with Crippen molar-refractivity contribution in [2.75, 3.05) is 13.1 Å². The molecule has 8 heteroatoms. The maximum atomic E-state index is 13.0. The SMILES string of the molecule is C[C@]1(O)CCCN(C(=O)CCCn2nnc(-c3ccc(F)cc3)n2)CC1. The van der Waals surface area contributed by atoms with E-state index in [0.717, 1.165) is 12.8 Å². The fourth-order valence-corrected chi connectivity index (χ4v) is 3.10. The van der Waals surface area contributed by atoms with E-state index in [2.05, 4.69) is 15.4 Å². The first-order valence-electron chi connectivity index (χ1n) is 8.97.